The molecule has 0 bridgehead atoms. The molecule has 2 aromatic rings. The third-order valence-electron chi connectivity index (χ3n) is 6.04. The molecule has 4 rings (SSSR count). The van der Waals surface area contributed by atoms with E-state index in [0.29, 0.717) is 36.7 Å². The molecule has 0 saturated carbocycles. The number of benzene rings is 2. The molecular formula is C23H26FN3O4. The first-order valence-electron chi connectivity index (χ1n) is 10.3. The standard InChI is InChI=1S/C23H26FN3O4/c1-14-19-12-21(31-3)20(30-2)10-15(19)8-9-26(14)23(29)25-17-11-22(28)27(13-17)18-6-4-16(24)5-7-18/h4-7,10,12,14,17H,8-9,11,13H2,1-3H3,(H,25,29). The van der Waals surface area contributed by atoms with Crippen LogP contribution in [-0.4, -0.2) is 50.2 Å². The normalized spacial score (nSPS) is 20.5. The molecule has 164 valence electrons. The van der Waals surface area contributed by atoms with Crippen molar-refractivity contribution >= 4 is 17.6 Å². The predicted octanol–water partition coefficient (Wildman–Crippen LogP) is 3.28. The summed E-state index contributed by atoms with van der Waals surface area (Å²) in [5.41, 5.74) is 2.78. The Balaban J connectivity index is 1.45. The topological polar surface area (TPSA) is 71.1 Å². The van der Waals surface area contributed by atoms with E-state index in [2.05, 4.69) is 5.32 Å². The summed E-state index contributed by atoms with van der Waals surface area (Å²) in [5, 5.41) is 3.00. The molecule has 31 heavy (non-hydrogen) atoms. The van der Waals surface area contributed by atoms with E-state index in [1.807, 2.05) is 19.1 Å². The van der Waals surface area contributed by atoms with E-state index in [4.69, 9.17) is 9.47 Å². The molecular weight excluding hydrogens is 401 g/mol. The third-order valence-corrected chi connectivity index (χ3v) is 6.04. The van der Waals surface area contributed by atoms with Crippen molar-refractivity contribution in [1.29, 1.82) is 0 Å². The highest BCUT2D eigenvalue weighted by Crippen LogP contribution is 2.38. The quantitative estimate of drug-likeness (QED) is 0.813. The van der Waals surface area contributed by atoms with Crippen LogP contribution in [0.2, 0.25) is 0 Å². The SMILES string of the molecule is COc1cc2c(cc1OC)C(C)N(C(=O)NC1CC(=O)N(c3ccc(F)cc3)C1)CC2. The Morgan fingerprint density at radius 1 is 1.13 bits per heavy atom. The molecule has 1 saturated heterocycles. The second kappa shape index (κ2) is 8.45. The molecule has 2 aliphatic rings. The van der Waals surface area contributed by atoms with Crippen molar-refractivity contribution in [1.82, 2.24) is 10.2 Å². The largest absolute Gasteiger partial charge is 0.493 e. The molecule has 2 heterocycles. The van der Waals surface area contributed by atoms with Crippen molar-refractivity contribution in [3.63, 3.8) is 0 Å². The Kier molecular flexibility index (Phi) is 5.71. The van der Waals surface area contributed by atoms with Gasteiger partial charge in [0.25, 0.3) is 0 Å². The number of methoxy groups -OCH3 is 2. The molecule has 2 unspecified atom stereocenters. The maximum absolute atomic E-state index is 13.2. The van der Waals surface area contributed by atoms with Crippen LogP contribution in [0.4, 0.5) is 14.9 Å². The van der Waals surface area contributed by atoms with E-state index in [1.54, 1.807) is 36.2 Å². The Labute approximate surface area is 180 Å². The fraction of sp³-hybridized carbons (Fsp3) is 0.391. The number of ether oxygens (including phenoxy) is 2. The number of fused-ring (bicyclic) bond motifs is 1. The van der Waals surface area contributed by atoms with Gasteiger partial charge in [0.2, 0.25) is 5.91 Å². The van der Waals surface area contributed by atoms with E-state index < -0.39 is 0 Å². The van der Waals surface area contributed by atoms with E-state index in [0.717, 1.165) is 11.1 Å². The Morgan fingerprint density at radius 2 is 1.81 bits per heavy atom. The fourth-order valence-corrected chi connectivity index (χ4v) is 4.35. The summed E-state index contributed by atoms with van der Waals surface area (Å²) >= 11 is 0. The summed E-state index contributed by atoms with van der Waals surface area (Å²) in [6.45, 7) is 2.91. The van der Waals surface area contributed by atoms with Gasteiger partial charge >= 0.3 is 6.03 Å². The average Bonchev–Trinajstić information content (AvgIpc) is 3.13. The molecule has 8 heteroatoms. The van der Waals surface area contributed by atoms with E-state index in [-0.39, 0.29) is 36.3 Å². The number of carbonyl (C=O) groups is 2. The number of amides is 3. The van der Waals surface area contributed by atoms with Crippen LogP contribution in [-0.2, 0) is 11.2 Å². The molecule has 7 nitrogen and oxygen atoms in total. The summed E-state index contributed by atoms with van der Waals surface area (Å²) in [6, 6.07) is 9.04. The average molecular weight is 427 g/mol. The van der Waals surface area contributed by atoms with Gasteiger partial charge in [0, 0.05) is 25.2 Å². The van der Waals surface area contributed by atoms with Crippen LogP contribution >= 0.6 is 0 Å². The lowest BCUT2D eigenvalue weighted by atomic mass is 9.93. The van der Waals surface area contributed by atoms with Gasteiger partial charge in [-0.15, -0.1) is 0 Å². The van der Waals surface area contributed by atoms with Gasteiger partial charge in [-0.2, -0.15) is 0 Å². The van der Waals surface area contributed by atoms with Crippen LogP contribution in [0.5, 0.6) is 11.5 Å². The Bertz CT molecular complexity index is 995. The number of hydrogen-bond donors (Lipinski definition) is 1. The fourth-order valence-electron chi connectivity index (χ4n) is 4.35. The molecule has 0 aromatic heterocycles. The van der Waals surface area contributed by atoms with Crippen LogP contribution in [0.3, 0.4) is 0 Å². The molecule has 0 spiro atoms. The highest BCUT2D eigenvalue weighted by atomic mass is 19.1. The first-order valence-corrected chi connectivity index (χ1v) is 10.3. The summed E-state index contributed by atoms with van der Waals surface area (Å²) < 4.78 is 24.0. The Hall–Kier alpha value is -3.29. The number of anilines is 1. The van der Waals surface area contributed by atoms with Gasteiger partial charge in [-0.25, -0.2) is 9.18 Å². The molecule has 0 radical (unpaired) electrons. The molecule has 2 aromatic carbocycles. The van der Waals surface area contributed by atoms with Gasteiger partial charge in [-0.05, 0) is 60.9 Å². The number of halogens is 1. The molecule has 0 aliphatic carbocycles. The van der Waals surface area contributed by atoms with Gasteiger partial charge < -0.3 is 24.6 Å². The van der Waals surface area contributed by atoms with Crippen molar-refractivity contribution in [2.75, 3.05) is 32.2 Å². The molecule has 1 fully saturated rings. The third kappa shape index (κ3) is 4.02. The van der Waals surface area contributed by atoms with Crippen LogP contribution in [0.15, 0.2) is 36.4 Å². The zero-order chi connectivity index (χ0) is 22.1. The van der Waals surface area contributed by atoms with Crippen molar-refractivity contribution in [2.24, 2.45) is 0 Å². The van der Waals surface area contributed by atoms with Gasteiger partial charge in [-0.3, -0.25) is 4.79 Å². The minimum atomic E-state index is -0.353. The van der Waals surface area contributed by atoms with Crippen molar-refractivity contribution in [3.05, 3.63) is 53.3 Å². The number of rotatable bonds is 4. The summed E-state index contributed by atoms with van der Waals surface area (Å²) in [7, 11) is 3.20. The lowest BCUT2D eigenvalue weighted by Crippen LogP contribution is -2.48. The number of carbonyl (C=O) groups excluding carboxylic acids is 2. The van der Waals surface area contributed by atoms with E-state index >= 15 is 0 Å². The maximum Gasteiger partial charge on any atom is 0.318 e. The number of nitrogens with zero attached hydrogens (tertiary/aromatic N) is 2. The smallest absolute Gasteiger partial charge is 0.318 e. The zero-order valence-electron chi connectivity index (χ0n) is 17.9. The van der Waals surface area contributed by atoms with Crippen LogP contribution in [0.25, 0.3) is 0 Å². The summed E-state index contributed by atoms with van der Waals surface area (Å²) in [4.78, 5) is 28.8. The highest BCUT2D eigenvalue weighted by molar-refractivity contribution is 5.96. The second-order valence-corrected chi connectivity index (χ2v) is 7.86. The van der Waals surface area contributed by atoms with Crippen molar-refractivity contribution in [2.45, 2.75) is 31.8 Å². The van der Waals surface area contributed by atoms with Crippen LogP contribution < -0.4 is 19.7 Å². The number of urea groups is 1. The van der Waals surface area contributed by atoms with Crippen LogP contribution in [0, 0.1) is 5.82 Å². The van der Waals surface area contributed by atoms with Crippen LogP contribution in [0.1, 0.15) is 30.5 Å². The first kappa shape index (κ1) is 21.0. The zero-order valence-corrected chi connectivity index (χ0v) is 17.9. The lowest BCUT2D eigenvalue weighted by Gasteiger charge is -2.36. The molecule has 3 amide bonds. The molecule has 2 atom stereocenters. The predicted molar refractivity (Wildman–Crippen MR) is 114 cm³/mol. The van der Waals surface area contributed by atoms with Crippen molar-refractivity contribution in [3.8, 4) is 11.5 Å². The molecule has 1 N–H and O–H groups in total. The van der Waals surface area contributed by atoms with Gasteiger partial charge in [0.05, 0.1) is 26.3 Å². The Morgan fingerprint density at radius 3 is 2.48 bits per heavy atom. The minimum absolute atomic E-state index is 0.0919. The number of nitrogens with one attached hydrogen (secondary N) is 1. The highest BCUT2D eigenvalue weighted by Gasteiger charge is 2.35. The van der Waals surface area contributed by atoms with Gasteiger partial charge in [-0.1, -0.05) is 0 Å². The summed E-state index contributed by atoms with van der Waals surface area (Å²) in [6.07, 6.45) is 0.922. The maximum atomic E-state index is 13.2. The monoisotopic (exact) mass is 427 g/mol. The van der Waals surface area contributed by atoms with E-state index in [1.165, 1.54) is 12.1 Å². The lowest BCUT2D eigenvalue weighted by molar-refractivity contribution is -0.117. The number of hydrogen-bond acceptors (Lipinski definition) is 4. The van der Waals surface area contributed by atoms with Crippen molar-refractivity contribution < 1.29 is 23.5 Å². The second-order valence-electron chi connectivity index (χ2n) is 7.86. The van der Waals surface area contributed by atoms with Gasteiger partial charge in [0.15, 0.2) is 11.5 Å². The summed E-state index contributed by atoms with van der Waals surface area (Å²) in [5.74, 6) is 0.864. The minimum Gasteiger partial charge on any atom is -0.493 e. The van der Waals surface area contributed by atoms with E-state index in [9.17, 15) is 14.0 Å². The van der Waals surface area contributed by atoms with Gasteiger partial charge in [0.1, 0.15) is 5.82 Å². The molecule has 2 aliphatic heterocycles. The first-order chi connectivity index (χ1) is 14.9.